The van der Waals surface area contributed by atoms with Crippen LogP contribution in [-0.2, 0) is 19.2 Å². The number of carbonyl (C=O) groups excluding carboxylic acids is 4. The summed E-state index contributed by atoms with van der Waals surface area (Å²) in [5.41, 5.74) is -0.816. The normalized spacial score (nSPS) is 11.1. The standard InChI is InChI=1S/C20H30N4O4/c1-19(2,11-17(27)23-13-21)9-7-15(25)5-6-16(26)8-10-20(3,4)12-18(28)24-14-22/h5-12H2,1-4H3,(H,23,27)(H,24,28). The maximum Gasteiger partial charge on any atom is 0.233 e. The molecule has 8 heteroatoms. The lowest BCUT2D eigenvalue weighted by atomic mass is 9.82. The van der Waals surface area contributed by atoms with E-state index in [0.29, 0.717) is 12.8 Å². The van der Waals surface area contributed by atoms with E-state index in [-0.39, 0.29) is 61.9 Å². The first kappa shape index (κ1) is 25.3. The molecule has 0 unspecified atom stereocenters. The molecule has 0 radical (unpaired) electrons. The topological polar surface area (TPSA) is 140 Å². The molecule has 8 nitrogen and oxygen atoms in total. The molecular formula is C20H30N4O4. The Morgan fingerprint density at radius 1 is 0.679 bits per heavy atom. The van der Waals surface area contributed by atoms with Gasteiger partial charge in [0.05, 0.1) is 0 Å². The third kappa shape index (κ3) is 12.6. The average molecular weight is 390 g/mol. The summed E-state index contributed by atoms with van der Waals surface area (Å²) in [6.45, 7) is 7.42. The maximum absolute atomic E-state index is 12.0. The van der Waals surface area contributed by atoms with E-state index in [9.17, 15) is 19.2 Å². The molecule has 0 saturated heterocycles. The second-order valence-electron chi connectivity index (χ2n) is 8.58. The van der Waals surface area contributed by atoms with Crippen LogP contribution in [0.1, 0.15) is 79.1 Å². The van der Waals surface area contributed by atoms with E-state index < -0.39 is 10.8 Å². The Labute approximate surface area is 166 Å². The molecule has 0 heterocycles. The molecule has 0 spiro atoms. The lowest BCUT2D eigenvalue weighted by Crippen LogP contribution is -2.26. The molecule has 0 aliphatic carbocycles. The molecule has 0 aliphatic heterocycles. The fraction of sp³-hybridized carbons (Fsp3) is 0.700. The first-order valence-corrected chi connectivity index (χ1v) is 9.30. The molecule has 0 aliphatic rings. The monoisotopic (exact) mass is 390 g/mol. The molecule has 2 N–H and O–H groups in total. The summed E-state index contributed by atoms with van der Waals surface area (Å²) < 4.78 is 0. The molecule has 2 amide bonds. The third-order valence-corrected chi connectivity index (χ3v) is 4.51. The van der Waals surface area contributed by atoms with Gasteiger partial charge in [-0.3, -0.25) is 29.8 Å². The fourth-order valence-corrected chi connectivity index (χ4v) is 2.74. The highest BCUT2D eigenvalue weighted by Crippen LogP contribution is 2.28. The van der Waals surface area contributed by atoms with Crippen molar-refractivity contribution in [3.8, 4) is 12.4 Å². The quantitative estimate of drug-likeness (QED) is 0.366. The van der Waals surface area contributed by atoms with Crippen LogP contribution in [0.25, 0.3) is 0 Å². The summed E-state index contributed by atoms with van der Waals surface area (Å²) in [6, 6.07) is 0. The van der Waals surface area contributed by atoms with E-state index in [2.05, 4.69) is 10.6 Å². The molecule has 0 fully saturated rings. The van der Waals surface area contributed by atoms with Gasteiger partial charge in [0.25, 0.3) is 0 Å². The second-order valence-corrected chi connectivity index (χ2v) is 8.58. The van der Waals surface area contributed by atoms with Crippen molar-refractivity contribution in [1.82, 2.24) is 10.6 Å². The first-order valence-electron chi connectivity index (χ1n) is 9.30. The minimum atomic E-state index is -0.408. The SMILES string of the molecule is CC(C)(CCC(=O)CCC(=O)CCC(C)(C)CC(=O)NC#N)CC(=O)NC#N. The van der Waals surface area contributed by atoms with Crippen LogP contribution in [0.4, 0.5) is 0 Å². The van der Waals surface area contributed by atoms with Gasteiger partial charge in [-0.1, -0.05) is 27.7 Å². The number of nitrogens with one attached hydrogen (secondary N) is 2. The number of nitrogens with zero attached hydrogens (tertiary/aromatic N) is 2. The Morgan fingerprint density at radius 2 is 1.00 bits per heavy atom. The zero-order chi connectivity index (χ0) is 21.8. The predicted octanol–water partition coefficient (Wildman–Crippen LogP) is 2.49. The highest BCUT2D eigenvalue weighted by Gasteiger charge is 2.24. The van der Waals surface area contributed by atoms with Gasteiger partial charge in [0.2, 0.25) is 11.8 Å². The summed E-state index contributed by atoms with van der Waals surface area (Å²) in [7, 11) is 0. The number of rotatable bonds is 13. The van der Waals surface area contributed by atoms with Crippen molar-refractivity contribution in [2.24, 2.45) is 10.8 Å². The molecule has 0 aromatic rings. The minimum Gasteiger partial charge on any atom is -0.300 e. The molecule has 0 rings (SSSR count). The van der Waals surface area contributed by atoms with Crippen molar-refractivity contribution in [2.75, 3.05) is 0 Å². The van der Waals surface area contributed by atoms with Crippen LogP contribution in [0.2, 0.25) is 0 Å². The van der Waals surface area contributed by atoms with E-state index in [4.69, 9.17) is 10.5 Å². The molecule has 0 atom stereocenters. The number of ketones is 2. The number of nitriles is 2. The Hall–Kier alpha value is -2.74. The van der Waals surface area contributed by atoms with E-state index >= 15 is 0 Å². The highest BCUT2D eigenvalue weighted by molar-refractivity contribution is 5.86. The zero-order valence-corrected chi connectivity index (χ0v) is 17.2. The van der Waals surface area contributed by atoms with Crippen LogP contribution in [0.15, 0.2) is 0 Å². The predicted molar refractivity (Wildman–Crippen MR) is 102 cm³/mol. The number of hydrogen-bond acceptors (Lipinski definition) is 6. The number of amides is 2. The van der Waals surface area contributed by atoms with Gasteiger partial charge < -0.3 is 0 Å². The molecule has 0 aromatic carbocycles. The number of hydrogen-bond donors (Lipinski definition) is 2. The van der Waals surface area contributed by atoms with Crippen LogP contribution in [0.3, 0.4) is 0 Å². The van der Waals surface area contributed by atoms with E-state index in [0.717, 1.165) is 0 Å². The molecule has 0 saturated carbocycles. The smallest absolute Gasteiger partial charge is 0.233 e. The van der Waals surface area contributed by atoms with Gasteiger partial charge in [0.15, 0.2) is 12.4 Å². The largest absolute Gasteiger partial charge is 0.300 e. The van der Waals surface area contributed by atoms with Crippen LogP contribution < -0.4 is 10.6 Å². The van der Waals surface area contributed by atoms with Crippen LogP contribution >= 0.6 is 0 Å². The summed E-state index contributed by atoms with van der Waals surface area (Å²) >= 11 is 0. The van der Waals surface area contributed by atoms with Crippen LogP contribution in [-0.4, -0.2) is 23.4 Å². The molecule has 0 aromatic heterocycles. The summed E-state index contributed by atoms with van der Waals surface area (Å²) in [6.07, 6.45) is 5.36. The minimum absolute atomic E-state index is 0.0326. The van der Waals surface area contributed by atoms with E-state index in [1.54, 1.807) is 12.4 Å². The van der Waals surface area contributed by atoms with Gasteiger partial charge in [0.1, 0.15) is 11.6 Å². The summed E-state index contributed by atoms with van der Waals surface area (Å²) in [4.78, 5) is 47.0. The highest BCUT2D eigenvalue weighted by atomic mass is 16.2. The van der Waals surface area contributed by atoms with Crippen molar-refractivity contribution < 1.29 is 19.2 Å². The number of Topliss-reactive ketones (excluding diaryl/α,β-unsaturated/α-hetero) is 2. The molecule has 154 valence electrons. The van der Waals surface area contributed by atoms with Gasteiger partial charge in [-0.15, -0.1) is 0 Å². The van der Waals surface area contributed by atoms with Crippen molar-refractivity contribution >= 4 is 23.4 Å². The third-order valence-electron chi connectivity index (χ3n) is 4.51. The Balaban J connectivity index is 4.20. The molecule has 0 bridgehead atoms. The molecule has 28 heavy (non-hydrogen) atoms. The Kier molecular flexibility index (Phi) is 10.7. The van der Waals surface area contributed by atoms with Crippen molar-refractivity contribution in [3.05, 3.63) is 0 Å². The van der Waals surface area contributed by atoms with Gasteiger partial charge in [0, 0.05) is 38.5 Å². The van der Waals surface area contributed by atoms with Gasteiger partial charge in [-0.25, -0.2) is 0 Å². The van der Waals surface area contributed by atoms with Crippen molar-refractivity contribution in [3.63, 3.8) is 0 Å². The summed E-state index contributed by atoms with van der Waals surface area (Å²) in [5, 5.41) is 21.0. The van der Waals surface area contributed by atoms with Crippen LogP contribution in [0.5, 0.6) is 0 Å². The van der Waals surface area contributed by atoms with Crippen LogP contribution in [0, 0.1) is 33.7 Å². The first-order chi connectivity index (χ1) is 12.9. The fourth-order valence-electron chi connectivity index (χ4n) is 2.74. The zero-order valence-electron chi connectivity index (χ0n) is 17.2. The maximum atomic E-state index is 12.0. The van der Waals surface area contributed by atoms with Crippen molar-refractivity contribution in [2.45, 2.75) is 79.1 Å². The average Bonchev–Trinajstić information content (AvgIpc) is 2.56. The van der Waals surface area contributed by atoms with Crippen molar-refractivity contribution in [1.29, 1.82) is 10.5 Å². The van der Waals surface area contributed by atoms with E-state index in [1.807, 2.05) is 27.7 Å². The lowest BCUT2D eigenvalue weighted by molar-refractivity contribution is -0.125. The van der Waals surface area contributed by atoms with Gasteiger partial charge >= 0.3 is 0 Å². The van der Waals surface area contributed by atoms with E-state index in [1.165, 1.54) is 0 Å². The lowest BCUT2D eigenvalue weighted by Gasteiger charge is -2.23. The second kappa shape index (κ2) is 11.9. The Morgan fingerprint density at radius 3 is 1.29 bits per heavy atom. The Bertz CT molecular complexity index is 611. The van der Waals surface area contributed by atoms with Gasteiger partial charge in [-0.2, -0.15) is 10.5 Å². The molecular weight excluding hydrogens is 360 g/mol. The van der Waals surface area contributed by atoms with Gasteiger partial charge in [-0.05, 0) is 23.7 Å². The summed E-state index contributed by atoms with van der Waals surface area (Å²) in [5.74, 6) is -0.813. The number of carbonyl (C=O) groups is 4.